The maximum atomic E-state index is 14.2. The first-order chi connectivity index (χ1) is 26.3. The number of carbonyl (C=O) groups is 7. The lowest BCUT2D eigenvalue weighted by Crippen LogP contribution is -2.57. The van der Waals surface area contributed by atoms with E-state index in [-0.39, 0.29) is 44.1 Å². The molecule has 2 rings (SSSR count). The number of hydrogen-bond donors (Lipinski definition) is 2. The molecule has 0 radical (unpaired) electrons. The number of methoxy groups -OCH3 is 1. The highest BCUT2D eigenvalue weighted by molar-refractivity contribution is 6.05. The summed E-state index contributed by atoms with van der Waals surface area (Å²) in [5, 5.41) is 2.78. The zero-order chi connectivity index (χ0) is 42.3. The van der Waals surface area contributed by atoms with Gasteiger partial charge in [-0.1, -0.05) is 66.5 Å². The van der Waals surface area contributed by atoms with Crippen molar-refractivity contribution >= 4 is 41.4 Å². The fourth-order valence-corrected chi connectivity index (χ4v) is 6.73. The molecule has 314 valence electrons. The molecule has 14 nitrogen and oxygen atoms in total. The van der Waals surface area contributed by atoms with Gasteiger partial charge in [-0.25, -0.2) is 4.79 Å². The van der Waals surface area contributed by atoms with Crippen LogP contribution in [-0.2, 0) is 49.5 Å². The van der Waals surface area contributed by atoms with Crippen LogP contribution in [0.4, 0.5) is 0 Å². The number of primary amides is 1. The second-order valence-corrected chi connectivity index (χ2v) is 16.0. The van der Waals surface area contributed by atoms with Crippen molar-refractivity contribution in [3.8, 4) is 5.75 Å². The van der Waals surface area contributed by atoms with Gasteiger partial charge in [-0.15, -0.1) is 0 Å². The minimum absolute atomic E-state index is 0.0412. The topological polar surface area (TPSA) is 192 Å². The summed E-state index contributed by atoms with van der Waals surface area (Å²) in [7, 11) is 3.01. The van der Waals surface area contributed by atoms with Crippen molar-refractivity contribution in [2.45, 2.75) is 144 Å². The van der Waals surface area contributed by atoms with Gasteiger partial charge in [0.25, 0.3) is 0 Å². The van der Waals surface area contributed by atoms with Crippen molar-refractivity contribution in [1.29, 1.82) is 0 Å². The molecular formula is C42H66N4O10. The van der Waals surface area contributed by atoms with E-state index in [1.165, 1.54) is 37.8 Å². The maximum Gasteiger partial charge on any atom is 0.329 e. The number of ether oxygens (including phenoxy) is 3. The standard InChI is InChI=1S/C42H66N4O10/c1-11-27(6)14-12-16-36(48)56-38(26(4)5)37(49)29(8)39(50)44-32(22-25(2)3)40(51)46-21-13-15-33(46)41(52)45(9)34(42(53)55-28(7)23-35(43)47)24-30-17-19-31(54-10)20-18-30/h17-20,25-29,32-34,38H,11-16,21-24H2,1-10H3,(H2,43,47)(H,44,50)/t27-,28+,29-,32-,33-,34?,38-/m0/s1. The summed E-state index contributed by atoms with van der Waals surface area (Å²) in [6, 6.07) is 3.91. The van der Waals surface area contributed by atoms with Crippen LogP contribution in [-0.4, -0.2) is 102 Å². The number of Topliss-reactive ketones (excluding diaryl/α,β-unsaturated/α-hetero) is 1. The number of esters is 2. The van der Waals surface area contributed by atoms with Gasteiger partial charge >= 0.3 is 11.9 Å². The van der Waals surface area contributed by atoms with Crippen molar-refractivity contribution in [3.05, 3.63) is 29.8 Å². The number of likely N-dealkylation sites (N-methyl/N-ethyl adjacent to an activating group) is 1. The van der Waals surface area contributed by atoms with Crippen LogP contribution in [0.15, 0.2) is 24.3 Å². The summed E-state index contributed by atoms with van der Waals surface area (Å²) in [4.78, 5) is 96.1. The molecule has 1 heterocycles. The normalized spacial score (nSPS) is 17.3. The van der Waals surface area contributed by atoms with Crippen LogP contribution < -0.4 is 15.8 Å². The molecular weight excluding hydrogens is 720 g/mol. The molecule has 1 aromatic carbocycles. The van der Waals surface area contributed by atoms with Gasteiger partial charge in [-0.3, -0.25) is 28.8 Å². The van der Waals surface area contributed by atoms with Crippen LogP contribution in [0.25, 0.3) is 0 Å². The summed E-state index contributed by atoms with van der Waals surface area (Å²) in [5.74, 6) is -4.63. The number of nitrogens with zero attached hydrogens (tertiary/aromatic N) is 2. The van der Waals surface area contributed by atoms with Gasteiger partial charge in [0, 0.05) is 26.4 Å². The summed E-state index contributed by atoms with van der Waals surface area (Å²) in [6.45, 7) is 14.7. The predicted octanol–water partition coefficient (Wildman–Crippen LogP) is 4.38. The highest BCUT2D eigenvalue weighted by atomic mass is 16.6. The van der Waals surface area contributed by atoms with E-state index in [0.717, 1.165) is 12.8 Å². The van der Waals surface area contributed by atoms with E-state index in [4.69, 9.17) is 19.9 Å². The van der Waals surface area contributed by atoms with E-state index in [1.807, 2.05) is 13.8 Å². The van der Waals surface area contributed by atoms with Gasteiger partial charge in [0.05, 0.1) is 19.4 Å². The van der Waals surface area contributed by atoms with Crippen LogP contribution >= 0.6 is 0 Å². The lowest BCUT2D eigenvalue weighted by atomic mass is 9.93. The van der Waals surface area contributed by atoms with Crippen LogP contribution in [0.1, 0.15) is 112 Å². The van der Waals surface area contributed by atoms with Crippen molar-refractivity contribution in [3.63, 3.8) is 0 Å². The molecule has 1 aliphatic heterocycles. The molecule has 0 saturated carbocycles. The molecule has 1 aromatic rings. The molecule has 1 saturated heterocycles. The van der Waals surface area contributed by atoms with Crippen LogP contribution in [0.3, 0.4) is 0 Å². The molecule has 7 atom stereocenters. The number of nitrogens with two attached hydrogens (primary N) is 1. The minimum atomic E-state index is -1.22. The second-order valence-electron chi connectivity index (χ2n) is 16.0. The molecule has 1 aliphatic rings. The number of carbonyl (C=O) groups excluding carboxylic acids is 7. The largest absolute Gasteiger partial charge is 0.497 e. The summed E-state index contributed by atoms with van der Waals surface area (Å²) < 4.78 is 16.4. The minimum Gasteiger partial charge on any atom is -0.497 e. The Balaban J connectivity index is 2.27. The summed E-state index contributed by atoms with van der Waals surface area (Å²) in [5.41, 5.74) is 6.03. The monoisotopic (exact) mass is 786 g/mol. The first-order valence-electron chi connectivity index (χ1n) is 20.0. The smallest absolute Gasteiger partial charge is 0.329 e. The Morgan fingerprint density at radius 1 is 0.964 bits per heavy atom. The fraction of sp³-hybridized carbons (Fsp3) is 0.690. The molecule has 1 unspecified atom stereocenters. The Hall–Kier alpha value is -4.49. The number of nitrogens with one attached hydrogen (secondary N) is 1. The molecule has 1 fully saturated rings. The van der Waals surface area contributed by atoms with Gasteiger partial charge in [0.2, 0.25) is 23.6 Å². The van der Waals surface area contributed by atoms with E-state index >= 15 is 0 Å². The SMILES string of the molecule is CC[C@H](C)CCCC(=O)O[C@H](C(=O)[C@H](C)C(=O)N[C@@H](CC(C)C)C(=O)N1CCC[C@H]1C(=O)N(C)C(Cc1ccc(OC)cc1)C(=O)O[C@H](C)CC(N)=O)C(C)C. The third-order valence-electron chi connectivity index (χ3n) is 10.4. The Morgan fingerprint density at radius 2 is 1.61 bits per heavy atom. The van der Waals surface area contributed by atoms with E-state index in [1.54, 1.807) is 38.1 Å². The third kappa shape index (κ3) is 14.5. The molecule has 0 spiro atoms. The summed E-state index contributed by atoms with van der Waals surface area (Å²) >= 11 is 0. The van der Waals surface area contributed by atoms with E-state index in [2.05, 4.69) is 19.2 Å². The lowest BCUT2D eigenvalue weighted by Gasteiger charge is -2.34. The zero-order valence-corrected chi connectivity index (χ0v) is 35.1. The number of amides is 4. The van der Waals surface area contributed by atoms with Gasteiger partial charge in [-0.05, 0) is 75.0 Å². The van der Waals surface area contributed by atoms with Gasteiger partial charge < -0.3 is 35.1 Å². The Morgan fingerprint density at radius 3 is 2.16 bits per heavy atom. The van der Waals surface area contributed by atoms with Crippen LogP contribution in [0.2, 0.25) is 0 Å². The van der Waals surface area contributed by atoms with Gasteiger partial charge in [0.15, 0.2) is 11.9 Å². The molecule has 3 N–H and O–H groups in total. The predicted molar refractivity (Wildman–Crippen MR) is 211 cm³/mol. The zero-order valence-electron chi connectivity index (χ0n) is 35.1. The van der Waals surface area contributed by atoms with E-state index in [0.29, 0.717) is 36.5 Å². The molecule has 0 aliphatic carbocycles. The van der Waals surface area contributed by atoms with Gasteiger partial charge in [0.1, 0.15) is 30.0 Å². The van der Waals surface area contributed by atoms with Crippen molar-refractivity contribution in [1.82, 2.24) is 15.1 Å². The maximum absolute atomic E-state index is 14.2. The van der Waals surface area contributed by atoms with E-state index < -0.39 is 77.6 Å². The van der Waals surface area contributed by atoms with Crippen molar-refractivity contribution < 1.29 is 47.8 Å². The molecule has 56 heavy (non-hydrogen) atoms. The number of hydrogen-bond acceptors (Lipinski definition) is 10. The van der Waals surface area contributed by atoms with Crippen molar-refractivity contribution in [2.75, 3.05) is 20.7 Å². The molecule has 4 amide bonds. The Bertz CT molecular complexity index is 1500. The highest BCUT2D eigenvalue weighted by Crippen LogP contribution is 2.25. The number of benzene rings is 1. The number of rotatable bonds is 23. The molecule has 0 bridgehead atoms. The Labute approximate surface area is 332 Å². The number of ketones is 1. The summed E-state index contributed by atoms with van der Waals surface area (Å²) in [6.07, 6.45) is 1.69. The second kappa shape index (κ2) is 22.9. The quantitative estimate of drug-likeness (QED) is 0.119. The van der Waals surface area contributed by atoms with Crippen LogP contribution in [0, 0.1) is 23.7 Å². The first kappa shape index (κ1) is 47.7. The Kier molecular flexibility index (Phi) is 19.5. The van der Waals surface area contributed by atoms with Crippen molar-refractivity contribution in [2.24, 2.45) is 29.4 Å². The average molecular weight is 787 g/mol. The fourth-order valence-electron chi connectivity index (χ4n) is 6.73. The number of likely N-dealkylation sites (tertiary alicyclic amines) is 1. The first-order valence-corrected chi connectivity index (χ1v) is 20.0. The molecule has 0 aromatic heterocycles. The third-order valence-corrected chi connectivity index (χ3v) is 10.4. The highest BCUT2D eigenvalue weighted by Gasteiger charge is 2.43. The van der Waals surface area contributed by atoms with Crippen LogP contribution in [0.5, 0.6) is 5.75 Å². The molecule has 14 heteroatoms. The van der Waals surface area contributed by atoms with E-state index in [9.17, 15) is 33.6 Å². The average Bonchev–Trinajstić information content (AvgIpc) is 3.63. The lowest BCUT2D eigenvalue weighted by molar-refractivity contribution is -0.161. The van der Waals surface area contributed by atoms with Gasteiger partial charge in [-0.2, -0.15) is 0 Å².